The van der Waals surface area contributed by atoms with Gasteiger partial charge in [0.1, 0.15) is 18.1 Å². The standard InChI is InChI=1S/3C5H9NO4.Fe/c3*6-3(5(9)10)1-2-4(7)8;/h3*3H,1-2,6H2,(H,7,8)(H,9,10);/t3*3-;/m111./s1. The Hall–Kier alpha value is -2.78. The van der Waals surface area contributed by atoms with Crippen LogP contribution in [0.4, 0.5) is 0 Å². The first-order chi connectivity index (χ1) is 13.6. The minimum atomic E-state index is -1.17. The molecule has 0 aliphatic carbocycles. The second-order valence-corrected chi connectivity index (χ2v) is 5.63. The van der Waals surface area contributed by atoms with Gasteiger partial charge >= 0.3 is 35.8 Å². The van der Waals surface area contributed by atoms with Gasteiger partial charge in [0.25, 0.3) is 0 Å². The van der Waals surface area contributed by atoms with E-state index in [1.807, 2.05) is 0 Å². The Kier molecular flexibility index (Phi) is 23.6. The Bertz CT molecular complexity index is 521. The van der Waals surface area contributed by atoms with Crippen LogP contribution in [0.2, 0.25) is 0 Å². The van der Waals surface area contributed by atoms with Crippen molar-refractivity contribution >= 4 is 35.8 Å². The molecule has 0 aromatic rings. The molecule has 31 heavy (non-hydrogen) atoms. The van der Waals surface area contributed by atoms with Crippen molar-refractivity contribution in [3.05, 3.63) is 0 Å². The SMILES string of the molecule is N[C@H](CCC(=O)O)C(=O)O.N[C@H](CCC(=O)O)C(=O)O.N[C@H](CCC(=O)O)C(=O)O.[Fe]. The molecule has 0 aromatic carbocycles. The van der Waals surface area contributed by atoms with Gasteiger partial charge in [0.05, 0.1) is 0 Å². The summed E-state index contributed by atoms with van der Waals surface area (Å²) in [7, 11) is 0. The van der Waals surface area contributed by atoms with Crippen LogP contribution >= 0.6 is 0 Å². The molecule has 0 bridgehead atoms. The van der Waals surface area contributed by atoms with Crippen LogP contribution in [0.1, 0.15) is 38.5 Å². The zero-order valence-electron chi connectivity index (χ0n) is 16.2. The summed E-state index contributed by atoms with van der Waals surface area (Å²) in [6.45, 7) is 0. The van der Waals surface area contributed by atoms with E-state index in [2.05, 4.69) is 0 Å². The molecule has 16 heteroatoms. The molecule has 0 saturated heterocycles. The van der Waals surface area contributed by atoms with Gasteiger partial charge in [-0.25, -0.2) is 0 Å². The van der Waals surface area contributed by atoms with Crippen LogP contribution in [-0.2, 0) is 45.8 Å². The Morgan fingerprint density at radius 2 is 0.645 bits per heavy atom. The van der Waals surface area contributed by atoms with Crippen molar-refractivity contribution in [2.24, 2.45) is 17.2 Å². The monoisotopic (exact) mass is 497 g/mol. The summed E-state index contributed by atoms with van der Waals surface area (Å²) in [4.78, 5) is 59.6. The fourth-order valence-electron chi connectivity index (χ4n) is 1.21. The van der Waals surface area contributed by atoms with E-state index in [4.69, 9.17) is 47.8 Å². The van der Waals surface area contributed by atoms with E-state index in [9.17, 15) is 28.8 Å². The molecule has 0 aromatic heterocycles. The third-order valence-corrected chi connectivity index (χ3v) is 2.96. The average molecular weight is 497 g/mol. The maximum absolute atomic E-state index is 9.99. The minimum Gasteiger partial charge on any atom is -0.481 e. The second kappa shape index (κ2) is 20.5. The van der Waals surface area contributed by atoms with Gasteiger partial charge in [-0.1, -0.05) is 0 Å². The number of nitrogens with two attached hydrogens (primary N) is 3. The van der Waals surface area contributed by atoms with E-state index in [1.54, 1.807) is 0 Å². The molecule has 182 valence electrons. The van der Waals surface area contributed by atoms with Crippen LogP contribution in [0.15, 0.2) is 0 Å². The number of aliphatic carboxylic acids is 6. The number of carbonyl (C=O) groups is 6. The van der Waals surface area contributed by atoms with Crippen molar-refractivity contribution in [2.45, 2.75) is 56.7 Å². The van der Waals surface area contributed by atoms with E-state index in [0.717, 1.165) is 0 Å². The average Bonchev–Trinajstić information content (AvgIpc) is 2.62. The maximum atomic E-state index is 9.99. The molecule has 0 heterocycles. The predicted octanol–water partition coefficient (Wildman–Crippen LogP) is -2.21. The van der Waals surface area contributed by atoms with E-state index in [-0.39, 0.29) is 55.6 Å². The molecule has 12 N–H and O–H groups in total. The van der Waals surface area contributed by atoms with Crippen molar-refractivity contribution in [2.75, 3.05) is 0 Å². The summed E-state index contributed by atoms with van der Waals surface area (Å²) in [5, 5.41) is 48.8. The van der Waals surface area contributed by atoms with Gasteiger partial charge in [-0.2, -0.15) is 0 Å². The third-order valence-electron chi connectivity index (χ3n) is 2.96. The molecule has 0 aliphatic heterocycles. The molecule has 3 atom stereocenters. The summed E-state index contributed by atoms with van der Waals surface area (Å²) in [6, 6.07) is -3.18. The van der Waals surface area contributed by atoms with Gasteiger partial charge in [0.2, 0.25) is 0 Å². The molecule has 0 rings (SSSR count). The normalized spacial score (nSPS) is 12.1. The first kappa shape index (κ1) is 35.6. The molecular formula is C15H27FeN3O12. The third kappa shape index (κ3) is 29.5. The van der Waals surface area contributed by atoms with Gasteiger partial charge in [-0.05, 0) is 19.3 Å². The number of rotatable bonds is 12. The number of hydrogen-bond acceptors (Lipinski definition) is 9. The Morgan fingerprint density at radius 1 is 0.484 bits per heavy atom. The largest absolute Gasteiger partial charge is 0.481 e. The minimum absolute atomic E-state index is 0. The Balaban J connectivity index is -0.000000174. The predicted molar refractivity (Wildman–Crippen MR) is 97.4 cm³/mol. The van der Waals surface area contributed by atoms with Gasteiger partial charge < -0.3 is 47.8 Å². The second-order valence-electron chi connectivity index (χ2n) is 5.63. The quantitative estimate of drug-likeness (QED) is 0.129. The summed E-state index contributed by atoms with van der Waals surface area (Å²) < 4.78 is 0. The molecule has 0 spiro atoms. The zero-order chi connectivity index (χ0) is 24.4. The molecule has 0 saturated carbocycles. The van der Waals surface area contributed by atoms with Crippen LogP contribution in [0.5, 0.6) is 0 Å². The van der Waals surface area contributed by atoms with E-state index in [1.165, 1.54) is 0 Å². The van der Waals surface area contributed by atoms with Crippen LogP contribution in [0.25, 0.3) is 0 Å². The Labute approximate surface area is 186 Å². The van der Waals surface area contributed by atoms with Gasteiger partial charge in [-0.3, -0.25) is 28.8 Å². The van der Waals surface area contributed by atoms with E-state index >= 15 is 0 Å². The smallest absolute Gasteiger partial charge is 0.320 e. The topological polar surface area (TPSA) is 302 Å². The molecule has 0 fully saturated rings. The van der Waals surface area contributed by atoms with Crippen LogP contribution in [0.3, 0.4) is 0 Å². The number of hydrogen-bond donors (Lipinski definition) is 9. The summed E-state index contributed by atoms with van der Waals surface area (Å²) in [5.74, 6) is -6.59. The van der Waals surface area contributed by atoms with Crippen molar-refractivity contribution < 1.29 is 76.5 Å². The van der Waals surface area contributed by atoms with Crippen LogP contribution < -0.4 is 17.2 Å². The number of carboxylic acids is 6. The van der Waals surface area contributed by atoms with Crippen molar-refractivity contribution in [1.29, 1.82) is 0 Å². The molecule has 0 aliphatic rings. The molecule has 0 amide bonds. The Morgan fingerprint density at radius 3 is 0.742 bits per heavy atom. The van der Waals surface area contributed by atoms with Gasteiger partial charge in [0.15, 0.2) is 0 Å². The van der Waals surface area contributed by atoms with Crippen molar-refractivity contribution in [3.63, 3.8) is 0 Å². The fraction of sp³-hybridized carbons (Fsp3) is 0.600. The van der Waals surface area contributed by atoms with Gasteiger partial charge in [0, 0.05) is 36.3 Å². The first-order valence-corrected chi connectivity index (χ1v) is 8.22. The first-order valence-electron chi connectivity index (χ1n) is 8.22. The summed E-state index contributed by atoms with van der Waals surface area (Å²) in [5.41, 5.74) is 15.0. The molecular weight excluding hydrogens is 470 g/mol. The van der Waals surface area contributed by atoms with Crippen molar-refractivity contribution in [3.8, 4) is 0 Å². The molecule has 0 unspecified atom stereocenters. The maximum Gasteiger partial charge on any atom is 0.320 e. The van der Waals surface area contributed by atoms with Crippen LogP contribution in [-0.4, -0.2) is 84.6 Å². The zero-order valence-corrected chi connectivity index (χ0v) is 17.3. The van der Waals surface area contributed by atoms with Crippen LogP contribution in [0, 0.1) is 0 Å². The summed E-state index contributed by atoms with van der Waals surface area (Å²) in [6.07, 6.45) is -0.672. The van der Waals surface area contributed by atoms with Crippen molar-refractivity contribution in [1.82, 2.24) is 0 Å². The molecule has 15 nitrogen and oxygen atoms in total. The number of carboxylic acid groups (broad SMARTS) is 6. The van der Waals surface area contributed by atoms with Gasteiger partial charge in [-0.15, -0.1) is 0 Å². The summed E-state index contributed by atoms with van der Waals surface area (Å²) >= 11 is 0. The fourth-order valence-corrected chi connectivity index (χ4v) is 1.21. The molecule has 0 radical (unpaired) electrons. The van der Waals surface area contributed by atoms with E-state index in [0.29, 0.717) is 0 Å². The van der Waals surface area contributed by atoms with E-state index < -0.39 is 53.9 Å².